The lowest BCUT2D eigenvalue weighted by Crippen LogP contribution is -2.08. The van der Waals surface area contributed by atoms with Gasteiger partial charge in [0.1, 0.15) is 11.1 Å². The van der Waals surface area contributed by atoms with Crippen molar-refractivity contribution in [3.63, 3.8) is 0 Å². The molecule has 1 heterocycles. The lowest BCUT2D eigenvalue weighted by atomic mass is 10.1. The Hall–Kier alpha value is -1.08. The van der Waals surface area contributed by atoms with Gasteiger partial charge in [-0.3, -0.25) is 0 Å². The van der Waals surface area contributed by atoms with E-state index in [1.165, 1.54) is 0 Å². The maximum absolute atomic E-state index is 9.14. The summed E-state index contributed by atoms with van der Waals surface area (Å²) in [5.74, 6) is 0.556. The predicted molar refractivity (Wildman–Crippen MR) is 66.4 cm³/mol. The van der Waals surface area contributed by atoms with Gasteiger partial charge in [-0.05, 0) is 25.3 Å². The summed E-state index contributed by atoms with van der Waals surface area (Å²) < 4.78 is 0. The average molecular weight is 235 g/mol. The van der Waals surface area contributed by atoms with Gasteiger partial charge in [-0.15, -0.1) is 5.10 Å². The van der Waals surface area contributed by atoms with E-state index >= 15 is 0 Å². The highest BCUT2D eigenvalue weighted by molar-refractivity contribution is 7.99. The van der Waals surface area contributed by atoms with E-state index in [0.29, 0.717) is 16.7 Å². The maximum Gasteiger partial charge on any atom is 0.137 e. The topological polar surface area (TPSA) is 49.6 Å². The number of hydrogen-bond donors (Lipinski definition) is 0. The van der Waals surface area contributed by atoms with Gasteiger partial charge in [0.2, 0.25) is 0 Å². The molecule has 0 aromatic carbocycles. The van der Waals surface area contributed by atoms with Crippen molar-refractivity contribution < 1.29 is 0 Å². The normalized spacial score (nSPS) is 12.6. The molecule has 0 saturated heterocycles. The molecule has 0 saturated carbocycles. The minimum Gasteiger partial charge on any atom is -0.192 e. The molecule has 86 valence electrons. The second-order valence-corrected chi connectivity index (χ2v) is 5.64. The van der Waals surface area contributed by atoms with Gasteiger partial charge in [-0.25, -0.2) is 0 Å². The molecule has 0 amide bonds. The first-order valence-corrected chi connectivity index (χ1v) is 6.26. The number of rotatable bonds is 3. The van der Waals surface area contributed by atoms with E-state index in [4.69, 9.17) is 5.26 Å². The highest BCUT2D eigenvalue weighted by Gasteiger charge is 2.16. The van der Waals surface area contributed by atoms with E-state index < -0.39 is 0 Å². The molecule has 0 aliphatic heterocycles. The molecule has 0 fully saturated rings. The van der Waals surface area contributed by atoms with Crippen LogP contribution in [-0.4, -0.2) is 15.4 Å². The Bertz CT molecular complexity index is 421. The first-order valence-electron chi connectivity index (χ1n) is 5.38. The molecule has 1 aromatic rings. The molecule has 0 aliphatic rings. The largest absolute Gasteiger partial charge is 0.192 e. The van der Waals surface area contributed by atoms with E-state index in [-0.39, 0.29) is 0 Å². The second-order valence-electron chi connectivity index (χ2n) is 4.27. The van der Waals surface area contributed by atoms with Gasteiger partial charge in [0.15, 0.2) is 0 Å². The fourth-order valence-corrected chi connectivity index (χ4v) is 2.14. The van der Waals surface area contributed by atoms with Crippen LogP contribution in [-0.2, 0) is 0 Å². The number of aromatic nitrogens is 2. The Balaban J connectivity index is 3.07. The Morgan fingerprint density at radius 3 is 2.31 bits per heavy atom. The highest BCUT2D eigenvalue weighted by atomic mass is 32.2. The average Bonchev–Trinajstić information content (AvgIpc) is 2.23. The molecule has 16 heavy (non-hydrogen) atoms. The first kappa shape index (κ1) is 13.0. The lowest BCUT2D eigenvalue weighted by molar-refractivity contribution is 0.640. The minimum absolute atomic E-state index is 0.434. The maximum atomic E-state index is 9.14. The van der Waals surface area contributed by atoms with Gasteiger partial charge in [-0.2, -0.15) is 10.4 Å². The molecule has 0 spiro atoms. The van der Waals surface area contributed by atoms with Gasteiger partial charge in [-0.1, -0.05) is 32.5 Å². The molecule has 4 heteroatoms. The Labute approximate surface area is 101 Å². The van der Waals surface area contributed by atoms with Crippen molar-refractivity contribution in [3.8, 4) is 6.07 Å². The molecule has 0 bridgehead atoms. The smallest absolute Gasteiger partial charge is 0.137 e. The molecular weight excluding hydrogens is 218 g/mol. The van der Waals surface area contributed by atoms with Crippen molar-refractivity contribution in [2.45, 2.75) is 44.9 Å². The molecule has 3 nitrogen and oxygen atoms in total. The number of thioether (sulfide) groups is 1. The van der Waals surface area contributed by atoms with Crippen LogP contribution in [0.25, 0.3) is 0 Å². The fraction of sp³-hybridized carbons (Fsp3) is 0.583. The summed E-state index contributed by atoms with van der Waals surface area (Å²) in [6.07, 6.45) is 0. The standard InChI is InChI=1S/C12H17N3S/c1-7(2)10(5)16-12-11(6-13)8(3)9(4)14-15-12/h7,10H,1-5H3. The van der Waals surface area contributed by atoms with Crippen LogP contribution < -0.4 is 0 Å². The number of nitrogens with zero attached hydrogens (tertiary/aromatic N) is 3. The van der Waals surface area contributed by atoms with Crippen LogP contribution in [0.3, 0.4) is 0 Å². The third-order valence-electron chi connectivity index (χ3n) is 2.77. The highest BCUT2D eigenvalue weighted by Crippen LogP contribution is 2.29. The zero-order valence-corrected chi connectivity index (χ0v) is 11.2. The summed E-state index contributed by atoms with van der Waals surface area (Å²) in [7, 11) is 0. The summed E-state index contributed by atoms with van der Waals surface area (Å²) in [6, 6.07) is 2.23. The monoisotopic (exact) mass is 235 g/mol. The van der Waals surface area contributed by atoms with Crippen LogP contribution in [0.15, 0.2) is 5.03 Å². The zero-order chi connectivity index (χ0) is 12.3. The summed E-state index contributed by atoms with van der Waals surface area (Å²) in [4.78, 5) is 0. The Morgan fingerprint density at radius 1 is 1.19 bits per heavy atom. The van der Waals surface area contributed by atoms with Crippen molar-refractivity contribution in [3.05, 3.63) is 16.8 Å². The van der Waals surface area contributed by atoms with E-state index in [2.05, 4.69) is 37.0 Å². The number of hydrogen-bond acceptors (Lipinski definition) is 4. The van der Waals surface area contributed by atoms with Crippen molar-refractivity contribution in [2.75, 3.05) is 0 Å². The van der Waals surface area contributed by atoms with Crippen LogP contribution >= 0.6 is 11.8 Å². The molecule has 1 rings (SSSR count). The van der Waals surface area contributed by atoms with Gasteiger partial charge in [0, 0.05) is 5.25 Å². The van der Waals surface area contributed by atoms with Crippen LogP contribution in [0.5, 0.6) is 0 Å². The van der Waals surface area contributed by atoms with E-state index in [1.54, 1.807) is 11.8 Å². The fourth-order valence-electron chi connectivity index (χ4n) is 1.11. The van der Waals surface area contributed by atoms with Crippen molar-refractivity contribution in [1.82, 2.24) is 10.2 Å². The molecule has 0 radical (unpaired) electrons. The lowest BCUT2D eigenvalue weighted by Gasteiger charge is -2.15. The SMILES string of the molecule is Cc1nnc(SC(C)C(C)C)c(C#N)c1C. The Morgan fingerprint density at radius 2 is 1.81 bits per heavy atom. The number of nitriles is 1. The van der Waals surface area contributed by atoms with E-state index in [0.717, 1.165) is 16.3 Å². The van der Waals surface area contributed by atoms with Crippen molar-refractivity contribution in [1.29, 1.82) is 5.26 Å². The second kappa shape index (κ2) is 5.31. The zero-order valence-electron chi connectivity index (χ0n) is 10.4. The summed E-state index contributed by atoms with van der Waals surface area (Å²) in [6.45, 7) is 10.3. The molecule has 1 unspecified atom stereocenters. The molecule has 0 aliphatic carbocycles. The Kier molecular flexibility index (Phi) is 4.31. The summed E-state index contributed by atoms with van der Waals surface area (Å²) in [5, 5.41) is 18.5. The van der Waals surface area contributed by atoms with Gasteiger partial charge >= 0.3 is 0 Å². The molecule has 1 atom stereocenters. The quantitative estimate of drug-likeness (QED) is 0.755. The molecular formula is C12H17N3S. The third-order valence-corrected chi connectivity index (χ3v) is 4.20. The van der Waals surface area contributed by atoms with Crippen LogP contribution in [0, 0.1) is 31.1 Å². The van der Waals surface area contributed by atoms with Crippen molar-refractivity contribution >= 4 is 11.8 Å². The van der Waals surface area contributed by atoms with Gasteiger partial charge in [0.05, 0.1) is 11.3 Å². The number of aryl methyl sites for hydroxylation is 1. The summed E-state index contributed by atoms with van der Waals surface area (Å²) >= 11 is 1.63. The summed E-state index contributed by atoms with van der Waals surface area (Å²) in [5.41, 5.74) is 2.44. The third kappa shape index (κ3) is 2.73. The predicted octanol–water partition coefficient (Wildman–Crippen LogP) is 3.10. The molecule has 1 aromatic heterocycles. The van der Waals surface area contributed by atoms with Crippen LogP contribution in [0.1, 0.15) is 37.6 Å². The minimum atomic E-state index is 0.434. The van der Waals surface area contributed by atoms with Gasteiger partial charge in [0.25, 0.3) is 0 Å². The van der Waals surface area contributed by atoms with Crippen molar-refractivity contribution in [2.24, 2.45) is 5.92 Å². The van der Waals surface area contributed by atoms with Crippen LogP contribution in [0.4, 0.5) is 0 Å². The van der Waals surface area contributed by atoms with Gasteiger partial charge < -0.3 is 0 Å². The van der Waals surface area contributed by atoms with Crippen LogP contribution in [0.2, 0.25) is 0 Å². The van der Waals surface area contributed by atoms with E-state index in [9.17, 15) is 0 Å². The van der Waals surface area contributed by atoms with E-state index in [1.807, 2.05) is 13.8 Å². The molecule has 0 N–H and O–H groups in total. The first-order chi connectivity index (χ1) is 7.47.